The van der Waals surface area contributed by atoms with E-state index in [0.717, 1.165) is 29.7 Å². The zero-order valence-corrected chi connectivity index (χ0v) is 20.6. The number of aromatic amines is 1. The minimum absolute atomic E-state index is 0.133. The maximum Gasteiger partial charge on any atom is 0.416 e. The SMILES string of the molecule is C=C/C(=C\C=C(/C)CC(c1ccc(OC)cc1)c1nc(N)[nH]c1C(O)C1=CC=CC[C@H]1C)C(F)(F)F. The van der Waals surface area contributed by atoms with E-state index in [1.54, 1.807) is 14.0 Å². The van der Waals surface area contributed by atoms with E-state index in [1.807, 2.05) is 49.4 Å². The van der Waals surface area contributed by atoms with Gasteiger partial charge in [-0.25, -0.2) is 4.98 Å². The van der Waals surface area contributed by atoms with E-state index in [1.165, 1.54) is 6.08 Å². The number of allylic oxidation sites excluding steroid dienone is 8. The van der Waals surface area contributed by atoms with Crippen LogP contribution in [0.5, 0.6) is 5.75 Å². The minimum Gasteiger partial charge on any atom is -0.497 e. The van der Waals surface area contributed by atoms with Crippen LogP contribution in [0, 0.1) is 5.92 Å². The van der Waals surface area contributed by atoms with Gasteiger partial charge in [0.05, 0.1) is 24.1 Å². The van der Waals surface area contributed by atoms with Crippen molar-refractivity contribution in [3.63, 3.8) is 0 Å². The number of aliphatic hydroxyl groups excluding tert-OH is 1. The molecule has 5 nitrogen and oxygen atoms in total. The lowest BCUT2D eigenvalue weighted by Crippen LogP contribution is -2.15. The molecule has 2 unspecified atom stereocenters. The zero-order chi connectivity index (χ0) is 26.5. The highest BCUT2D eigenvalue weighted by atomic mass is 19.4. The number of nitrogen functional groups attached to an aromatic ring is 1. The Hall–Kier alpha value is -3.52. The lowest BCUT2D eigenvalue weighted by atomic mass is 9.84. The van der Waals surface area contributed by atoms with Crippen molar-refractivity contribution in [2.45, 2.75) is 44.9 Å². The van der Waals surface area contributed by atoms with Gasteiger partial charge in [0.1, 0.15) is 11.9 Å². The van der Waals surface area contributed by atoms with Crippen LogP contribution >= 0.6 is 0 Å². The molecular weight excluding hydrogens is 467 g/mol. The third-order valence-corrected chi connectivity index (χ3v) is 6.32. The number of imidazole rings is 1. The molecule has 1 heterocycles. The van der Waals surface area contributed by atoms with E-state index in [-0.39, 0.29) is 17.8 Å². The van der Waals surface area contributed by atoms with Crippen molar-refractivity contribution in [3.8, 4) is 5.75 Å². The number of hydrogen-bond donors (Lipinski definition) is 3. The summed E-state index contributed by atoms with van der Waals surface area (Å²) >= 11 is 0. The van der Waals surface area contributed by atoms with E-state index in [4.69, 9.17) is 10.5 Å². The van der Waals surface area contributed by atoms with Crippen LogP contribution in [-0.4, -0.2) is 28.4 Å². The van der Waals surface area contributed by atoms with Crippen molar-refractivity contribution in [1.29, 1.82) is 0 Å². The second-order valence-electron chi connectivity index (χ2n) is 8.92. The summed E-state index contributed by atoms with van der Waals surface area (Å²) in [4.78, 5) is 7.54. The number of aliphatic hydroxyl groups is 1. The lowest BCUT2D eigenvalue weighted by molar-refractivity contribution is -0.0881. The maximum atomic E-state index is 13.1. The molecule has 8 heteroatoms. The van der Waals surface area contributed by atoms with Gasteiger partial charge in [-0.2, -0.15) is 13.2 Å². The first-order valence-electron chi connectivity index (χ1n) is 11.7. The molecule has 3 atom stereocenters. The topological polar surface area (TPSA) is 84.2 Å². The highest BCUT2D eigenvalue weighted by Crippen LogP contribution is 2.39. The number of ether oxygens (including phenoxy) is 1. The van der Waals surface area contributed by atoms with Crippen molar-refractivity contribution in [1.82, 2.24) is 9.97 Å². The summed E-state index contributed by atoms with van der Waals surface area (Å²) in [5, 5.41) is 11.3. The number of halogens is 3. The van der Waals surface area contributed by atoms with Gasteiger partial charge in [-0.3, -0.25) is 0 Å². The quantitative estimate of drug-likeness (QED) is 0.335. The van der Waals surface area contributed by atoms with Crippen molar-refractivity contribution >= 4 is 5.95 Å². The molecule has 4 N–H and O–H groups in total. The molecule has 0 saturated heterocycles. The van der Waals surface area contributed by atoms with Crippen LogP contribution in [0.15, 0.2) is 84.0 Å². The fourth-order valence-corrected chi connectivity index (χ4v) is 4.29. The van der Waals surface area contributed by atoms with E-state index in [2.05, 4.69) is 16.5 Å². The highest BCUT2D eigenvalue weighted by molar-refractivity contribution is 5.43. The Balaban J connectivity index is 2.06. The van der Waals surface area contributed by atoms with Crippen LogP contribution < -0.4 is 10.5 Å². The number of rotatable bonds is 9. The van der Waals surface area contributed by atoms with Gasteiger partial charge >= 0.3 is 6.18 Å². The van der Waals surface area contributed by atoms with Crippen LogP contribution in [-0.2, 0) is 0 Å². The molecule has 0 saturated carbocycles. The van der Waals surface area contributed by atoms with Crippen LogP contribution in [0.1, 0.15) is 55.7 Å². The minimum atomic E-state index is -4.49. The first kappa shape index (κ1) is 27.1. The van der Waals surface area contributed by atoms with E-state index >= 15 is 0 Å². The molecule has 1 aromatic heterocycles. The lowest BCUT2D eigenvalue weighted by Gasteiger charge is -2.24. The summed E-state index contributed by atoms with van der Waals surface area (Å²) < 4.78 is 44.7. The third-order valence-electron chi connectivity index (χ3n) is 6.32. The number of benzene rings is 1. The molecule has 36 heavy (non-hydrogen) atoms. The smallest absolute Gasteiger partial charge is 0.416 e. The molecule has 1 aromatic carbocycles. The maximum absolute atomic E-state index is 13.1. The zero-order valence-electron chi connectivity index (χ0n) is 20.6. The Kier molecular flexibility index (Phi) is 8.63. The number of nitrogens with two attached hydrogens (primary N) is 1. The number of anilines is 1. The Morgan fingerprint density at radius 1 is 1.31 bits per heavy atom. The molecule has 0 amide bonds. The van der Waals surface area contributed by atoms with Crippen molar-refractivity contribution < 1.29 is 23.0 Å². The molecular formula is C28H32F3N3O2. The number of nitrogens with one attached hydrogen (secondary N) is 1. The molecule has 0 spiro atoms. The molecule has 1 aliphatic carbocycles. The second kappa shape index (κ2) is 11.5. The molecule has 0 fully saturated rings. The fourth-order valence-electron chi connectivity index (χ4n) is 4.29. The molecule has 2 aromatic rings. The first-order chi connectivity index (χ1) is 17.0. The number of H-pyrrole nitrogens is 1. The average Bonchev–Trinajstić information content (AvgIpc) is 3.23. The number of methoxy groups -OCH3 is 1. The number of nitrogens with zero attached hydrogens (tertiary/aromatic N) is 1. The monoisotopic (exact) mass is 499 g/mol. The van der Waals surface area contributed by atoms with E-state index in [9.17, 15) is 18.3 Å². The molecule has 0 aliphatic heterocycles. The predicted octanol–water partition coefficient (Wildman–Crippen LogP) is 6.70. The van der Waals surface area contributed by atoms with Gasteiger partial charge in [-0.1, -0.05) is 67.7 Å². The highest BCUT2D eigenvalue weighted by Gasteiger charge is 2.31. The molecule has 1 aliphatic rings. The van der Waals surface area contributed by atoms with Gasteiger partial charge in [0.25, 0.3) is 0 Å². The van der Waals surface area contributed by atoms with Crippen molar-refractivity contribution in [2.75, 3.05) is 12.8 Å². The summed E-state index contributed by atoms with van der Waals surface area (Å²) in [6.07, 6.45) is 4.82. The second-order valence-corrected chi connectivity index (χ2v) is 8.92. The van der Waals surface area contributed by atoms with Gasteiger partial charge < -0.3 is 20.6 Å². The third kappa shape index (κ3) is 6.37. The molecule has 192 valence electrons. The largest absolute Gasteiger partial charge is 0.497 e. The Morgan fingerprint density at radius 3 is 2.58 bits per heavy atom. The number of hydrogen-bond acceptors (Lipinski definition) is 4. The Morgan fingerprint density at radius 2 is 2.00 bits per heavy atom. The normalized spacial score (nSPS) is 18.5. The fraction of sp³-hybridized carbons (Fsp3) is 0.321. The predicted molar refractivity (Wildman–Crippen MR) is 137 cm³/mol. The standard InChI is InChI=1S/C28H32F3N3O2/c1-5-20(28(29,30)31)13-10-17(2)16-23(19-11-14-21(36-4)15-12-19)24-25(34-27(32)33-24)26(35)22-9-7-6-8-18(22)3/h5-7,9-15,18,23,26,35H,1,8,16H2,2-4H3,(H3,32,33,34)/b17-10+,20-13+/t18-,23?,26?/m1/s1. The van der Waals surface area contributed by atoms with Gasteiger partial charge in [-0.05, 0) is 49.0 Å². The Bertz CT molecular complexity index is 1190. The number of aromatic nitrogens is 2. The van der Waals surface area contributed by atoms with Crippen LogP contribution in [0.25, 0.3) is 0 Å². The Labute approximate surface area is 209 Å². The summed E-state index contributed by atoms with van der Waals surface area (Å²) in [5.74, 6) is 0.577. The summed E-state index contributed by atoms with van der Waals surface area (Å²) in [7, 11) is 1.57. The van der Waals surface area contributed by atoms with Gasteiger partial charge in [0.2, 0.25) is 0 Å². The van der Waals surface area contributed by atoms with Gasteiger partial charge in [0, 0.05) is 5.92 Å². The van der Waals surface area contributed by atoms with E-state index < -0.39 is 17.9 Å². The van der Waals surface area contributed by atoms with Gasteiger partial charge in [-0.15, -0.1) is 0 Å². The van der Waals surface area contributed by atoms with Crippen molar-refractivity contribution in [3.05, 3.63) is 101 Å². The van der Waals surface area contributed by atoms with Crippen LogP contribution in [0.3, 0.4) is 0 Å². The van der Waals surface area contributed by atoms with E-state index in [0.29, 0.717) is 29.1 Å². The molecule has 3 rings (SSSR count). The summed E-state index contributed by atoms with van der Waals surface area (Å²) in [6.45, 7) is 7.06. The average molecular weight is 500 g/mol. The first-order valence-corrected chi connectivity index (χ1v) is 11.7. The van der Waals surface area contributed by atoms with Crippen LogP contribution in [0.4, 0.5) is 19.1 Å². The summed E-state index contributed by atoms with van der Waals surface area (Å²) in [5.41, 5.74) is 8.63. The number of alkyl halides is 3. The summed E-state index contributed by atoms with van der Waals surface area (Å²) in [6, 6.07) is 7.38. The van der Waals surface area contributed by atoms with Crippen LogP contribution in [0.2, 0.25) is 0 Å². The molecule has 0 bridgehead atoms. The van der Waals surface area contributed by atoms with Gasteiger partial charge in [0.15, 0.2) is 5.95 Å². The molecule has 0 radical (unpaired) electrons. The van der Waals surface area contributed by atoms with Crippen molar-refractivity contribution in [2.24, 2.45) is 5.92 Å².